The van der Waals surface area contributed by atoms with Crippen LogP contribution in [0.3, 0.4) is 0 Å². The van der Waals surface area contributed by atoms with Crippen LogP contribution in [0.2, 0.25) is 5.02 Å². The third-order valence-corrected chi connectivity index (χ3v) is 5.73. The number of carbonyl (C=O) groups is 1. The lowest BCUT2D eigenvalue weighted by atomic mass is 10.0. The van der Waals surface area contributed by atoms with Gasteiger partial charge in [0, 0.05) is 24.9 Å². The predicted molar refractivity (Wildman–Crippen MR) is 102 cm³/mol. The minimum atomic E-state index is -0.500. The zero-order chi connectivity index (χ0) is 18.2. The van der Waals surface area contributed by atoms with Gasteiger partial charge in [-0.1, -0.05) is 17.7 Å². The number of hydrogen-bond acceptors (Lipinski definition) is 4. The van der Waals surface area contributed by atoms with Gasteiger partial charge in [-0.3, -0.25) is 9.59 Å². The van der Waals surface area contributed by atoms with Crippen LogP contribution in [-0.2, 0) is 21.7 Å². The minimum absolute atomic E-state index is 0.0450. The van der Waals surface area contributed by atoms with E-state index in [0.29, 0.717) is 21.3 Å². The summed E-state index contributed by atoms with van der Waals surface area (Å²) >= 11 is 6.44. The van der Waals surface area contributed by atoms with Crippen molar-refractivity contribution < 1.29 is 9.53 Å². The first-order valence-corrected chi connectivity index (χ1v) is 8.97. The molecule has 2 bridgehead atoms. The molecule has 2 heterocycles. The Balaban J connectivity index is 2.02. The molecule has 6 heteroatoms. The summed E-state index contributed by atoms with van der Waals surface area (Å²) in [4.78, 5) is 27.6. The molecule has 1 fully saturated rings. The molecule has 5 rings (SSSR count). The molecule has 2 aromatic carbocycles. The van der Waals surface area contributed by atoms with Gasteiger partial charge < -0.3 is 14.2 Å². The van der Waals surface area contributed by atoms with E-state index in [4.69, 9.17) is 16.3 Å². The number of aromatic nitrogens is 1. The van der Waals surface area contributed by atoms with Crippen molar-refractivity contribution in [1.29, 1.82) is 0 Å². The second-order valence-corrected chi connectivity index (χ2v) is 7.71. The van der Waals surface area contributed by atoms with Gasteiger partial charge in [0.1, 0.15) is 12.1 Å². The molecule has 1 aromatic heterocycles. The number of benzene rings is 2. The first kappa shape index (κ1) is 15.7. The highest BCUT2D eigenvalue weighted by molar-refractivity contribution is 6.35. The van der Waals surface area contributed by atoms with E-state index in [2.05, 4.69) is 0 Å². The van der Waals surface area contributed by atoms with Crippen molar-refractivity contribution in [1.82, 2.24) is 4.57 Å². The molecule has 0 amide bonds. The van der Waals surface area contributed by atoms with Crippen LogP contribution in [0.4, 0.5) is 5.69 Å². The molecular weight excluding hydrogens is 352 g/mol. The zero-order valence-corrected chi connectivity index (χ0v) is 15.3. The van der Waals surface area contributed by atoms with Crippen molar-refractivity contribution >= 4 is 45.1 Å². The standard InChI is InChI=1S/C20H17ClN2O3/c1-22(2)18-14(21)6-5-13-17(18)23-10-16(24)26-20(7-8-20)11-3-4-12(19(13)25)15(23)9-11/h3-6,9H,7-8,10H2,1-2H3. The number of rotatable bonds is 1. The van der Waals surface area contributed by atoms with E-state index in [1.165, 1.54) is 0 Å². The maximum atomic E-state index is 13.1. The molecule has 26 heavy (non-hydrogen) atoms. The molecule has 1 spiro atoms. The van der Waals surface area contributed by atoms with Gasteiger partial charge in [0.25, 0.3) is 0 Å². The fourth-order valence-electron chi connectivity index (χ4n) is 4.04. The fourth-order valence-corrected chi connectivity index (χ4v) is 4.36. The summed E-state index contributed by atoms with van der Waals surface area (Å²) in [7, 11) is 3.75. The van der Waals surface area contributed by atoms with Crippen LogP contribution >= 0.6 is 11.6 Å². The Hall–Kier alpha value is -2.53. The summed E-state index contributed by atoms with van der Waals surface area (Å²) in [6.45, 7) is 0.0552. The molecule has 3 aromatic rings. The number of anilines is 1. The SMILES string of the molecule is CN(C)c1c(Cl)ccc2c(=O)c3ccc4cc3n(c12)CC(=O)OC41CC1. The van der Waals surface area contributed by atoms with Crippen LogP contribution in [0.15, 0.2) is 35.1 Å². The van der Waals surface area contributed by atoms with Crippen molar-refractivity contribution in [2.75, 3.05) is 19.0 Å². The highest BCUT2D eigenvalue weighted by Gasteiger charge is 2.49. The fraction of sp³-hybridized carbons (Fsp3) is 0.300. The Morgan fingerprint density at radius 3 is 2.54 bits per heavy atom. The third-order valence-electron chi connectivity index (χ3n) is 5.42. The maximum absolute atomic E-state index is 13.1. The third kappa shape index (κ3) is 1.98. The number of fused-ring (bicyclic) bond motifs is 4. The van der Waals surface area contributed by atoms with Gasteiger partial charge in [0.2, 0.25) is 0 Å². The normalized spacial score (nSPS) is 17.4. The van der Waals surface area contributed by atoms with E-state index >= 15 is 0 Å². The number of pyridine rings is 1. The Kier molecular flexibility index (Phi) is 3.03. The van der Waals surface area contributed by atoms with Gasteiger partial charge in [0.15, 0.2) is 5.43 Å². The summed E-state index contributed by atoms with van der Waals surface area (Å²) in [5.74, 6) is -0.287. The van der Waals surface area contributed by atoms with Gasteiger partial charge >= 0.3 is 5.97 Å². The smallest absolute Gasteiger partial charge is 0.326 e. The van der Waals surface area contributed by atoms with Crippen LogP contribution < -0.4 is 10.3 Å². The molecule has 0 saturated heterocycles. The second kappa shape index (κ2) is 5.01. The Morgan fingerprint density at radius 2 is 1.85 bits per heavy atom. The number of esters is 1. The minimum Gasteiger partial charge on any atom is -0.453 e. The van der Waals surface area contributed by atoms with Crippen molar-refractivity contribution in [3.63, 3.8) is 0 Å². The average Bonchev–Trinajstić information content (AvgIpc) is 3.37. The molecule has 1 aliphatic carbocycles. The molecule has 0 atom stereocenters. The summed E-state index contributed by atoms with van der Waals surface area (Å²) in [5, 5.41) is 1.70. The zero-order valence-electron chi connectivity index (χ0n) is 14.5. The number of carbonyl (C=O) groups excluding carboxylic acids is 1. The van der Waals surface area contributed by atoms with Crippen LogP contribution in [-0.4, -0.2) is 24.6 Å². The van der Waals surface area contributed by atoms with Gasteiger partial charge in [-0.2, -0.15) is 0 Å². The highest BCUT2D eigenvalue weighted by Crippen LogP contribution is 2.50. The maximum Gasteiger partial charge on any atom is 0.326 e. The van der Waals surface area contributed by atoms with E-state index in [1.54, 1.807) is 12.1 Å². The largest absolute Gasteiger partial charge is 0.453 e. The van der Waals surface area contributed by atoms with Crippen molar-refractivity contribution in [2.24, 2.45) is 0 Å². The number of halogens is 1. The average molecular weight is 369 g/mol. The van der Waals surface area contributed by atoms with E-state index in [-0.39, 0.29) is 17.9 Å². The van der Waals surface area contributed by atoms with Crippen molar-refractivity contribution in [3.8, 4) is 0 Å². The molecule has 0 N–H and O–H groups in total. The summed E-state index contributed by atoms with van der Waals surface area (Å²) in [5.41, 5.74) is 2.56. The van der Waals surface area contributed by atoms with E-state index in [0.717, 1.165) is 29.6 Å². The molecular formula is C20H17ClN2O3. The Bertz CT molecular complexity index is 1180. The number of nitrogens with zero attached hydrogens (tertiary/aromatic N) is 2. The van der Waals surface area contributed by atoms with E-state index < -0.39 is 5.60 Å². The lowest BCUT2D eigenvalue weighted by molar-refractivity contribution is -0.152. The predicted octanol–water partition coefficient (Wildman–Crippen LogP) is 3.42. The topological polar surface area (TPSA) is 51.5 Å². The first-order chi connectivity index (χ1) is 12.4. The van der Waals surface area contributed by atoms with Gasteiger partial charge in [-0.25, -0.2) is 0 Å². The monoisotopic (exact) mass is 368 g/mol. The van der Waals surface area contributed by atoms with Crippen molar-refractivity contribution in [2.45, 2.75) is 25.0 Å². The van der Waals surface area contributed by atoms with Crippen LogP contribution in [0.25, 0.3) is 21.8 Å². The lowest BCUT2D eigenvalue weighted by Crippen LogP contribution is -2.27. The van der Waals surface area contributed by atoms with Gasteiger partial charge in [0.05, 0.1) is 21.7 Å². The van der Waals surface area contributed by atoms with Crippen molar-refractivity contribution in [3.05, 3.63) is 51.1 Å². The molecule has 132 valence electrons. The van der Waals surface area contributed by atoms with E-state index in [1.807, 2.05) is 41.8 Å². The van der Waals surface area contributed by atoms with Gasteiger partial charge in [-0.15, -0.1) is 0 Å². The van der Waals surface area contributed by atoms with Crippen LogP contribution in [0.1, 0.15) is 18.4 Å². The quantitative estimate of drug-likeness (QED) is 0.488. The summed E-state index contributed by atoms with van der Waals surface area (Å²) in [6, 6.07) is 9.22. The Morgan fingerprint density at radius 1 is 1.12 bits per heavy atom. The molecule has 1 aliphatic heterocycles. The lowest BCUT2D eigenvalue weighted by Gasteiger charge is -2.26. The first-order valence-electron chi connectivity index (χ1n) is 8.60. The molecule has 2 aliphatic rings. The summed E-state index contributed by atoms with van der Waals surface area (Å²) < 4.78 is 7.65. The van der Waals surface area contributed by atoms with Crippen LogP contribution in [0.5, 0.6) is 0 Å². The molecule has 5 nitrogen and oxygen atoms in total. The number of hydrogen-bond donors (Lipinski definition) is 0. The van der Waals surface area contributed by atoms with Gasteiger partial charge in [-0.05, 0) is 42.7 Å². The molecule has 1 saturated carbocycles. The highest BCUT2D eigenvalue weighted by atomic mass is 35.5. The summed E-state index contributed by atoms with van der Waals surface area (Å²) in [6.07, 6.45) is 1.66. The van der Waals surface area contributed by atoms with Crippen LogP contribution in [0, 0.1) is 0 Å². The molecule has 0 radical (unpaired) electrons. The molecule has 0 unspecified atom stereocenters. The van der Waals surface area contributed by atoms with E-state index in [9.17, 15) is 9.59 Å². The second-order valence-electron chi connectivity index (χ2n) is 7.30. The number of ether oxygens (including phenoxy) is 1. The Labute approximate surface area is 154 Å².